The first-order chi connectivity index (χ1) is 26.9. The second kappa shape index (κ2) is 15.9. The van der Waals surface area contributed by atoms with Gasteiger partial charge in [-0.05, 0) is 26.0 Å². The number of quaternary nitrogens is 1. The summed E-state index contributed by atoms with van der Waals surface area (Å²) in [7, 11) is 0. The summed E-state index contributed by atoms with van der Waals surface area (Å²) in [4.78, 5) is 87.3. The van der Waals surface area contributed by atoms with E-state index < -0.39 is 74.8 Å². The number of carbonyl (C=O) groups is 6. The predicted molar refractivity (Wildman–Crippen MR) is 205 cm³/mol. The van der Waals surface area contributed by atoms with Crippen molar-refractivity contribution in [2.45, 2.75) is 48.6 Å². The highest BCUT2D eigenvalue weighted by atomic mass is 35.5. The molecule has 1 aromatic carbocycles. The molecule has 0 bridgehead atoms. The number of anilines is 1. The van der Waals surface area contributed by atoms with Crippen LogP contribution in [0.15, 0.2) is 27.8 Å². The Hall–Kier alpha value is -5.39. The summed E-state index contributed by atoms with van der Waals surface area (Å²) in [5.41, 5.74) is 3.42. The summed E-state index contributed by atoms with van der Waals surface area (Å²) in [5, 5.41) is 54.4. The number of nitrogens with two attached hydrogens (primary N) is 1. The minimum Gasteiger partial charge on any atom is -0.504 e. The van der Waals surface area contributed by atoms with Crippen LogP contribution in [-0.4, -0.2) is 167 Å². The van der Waals surface area contributed by atoms with E-state index in [2.05, 4.69) is 25.9 Å². The summed E-state index contributed by atoms with van der Waals surface area (Å²) >= 11 is 7.84. The fourth-order valence-corrected chi connectivity index (χ4v) is 9.26. The molecule has 1 aromatic heterocycles. The number of aromatic hydroxyl groups is 2. The van der Waals surface area contributed by atoms with E-state index in [-0.39, 0.29) is 47.6 Å². The minimum absolute atomic E-state index is 0.0121. The van der Waals surface area contributed by atoms with Crippen LogP contribution in [0.4, 0.5) is 9.93 Å². The number of thiazole rings is 1. The number of rotatable bonds is 15. The van der Waals surface area contributed by atoms with E-state index in [1.807, 2.05) is 0 Å². The number of aliphatic carboxylic acids is 2. The monoisotopic (exact) mass is 851 g/mol. The smallest absolute Gasteiger partial charge is 0.350 e. The molecule has 4 aliphatic heterocycles. The molecule has 4 saturated heterocycles. The molecule has 0 radical (unpaired) electrons. The lowest BCUT2D eigenvalue weighted by Gasteiger charge is -2.41. The molecule has 5 amide bonds. The molecule has 24 heteroatoms. The molecule has 0 aliphatic carbocycles. The topological polar surface area (TPSA) is 290 Å². The van der Waals surface area contributed by atoms with E-state index in [1.165, 1.54) is 36.3 Å². The zero-order valence-corrected chi connectivity index (χ0v) is 33.0. The molecule has 4 aliphatic rings. The number of urea groups is 1. The van der Waals surface area contributed by atoms with Gasteiger partial charge in [0, 0.05) is 24.8 Å². The van der Waals surface area contributed by atoms with Crippen molar-refractivity contribution in [2.24, 2.45) is 10.3 Å². The number of carboxylic acid groups (broad SMARTS) is 2. The lowest BCUT2D eigenvalue weighted by molar-refractivity contribution is -0.906. The van der Waals surface area contributed by atoms with Gasteiger partial charge in [-0.3, -0.25) is 19.3 Å². The number of nitrogen functional groups attached to an aromatic ring is 1. The van der Waals surface area contributed by atoms with Crippen molar-refractivity contribution >= 4 is 87.4 Å². The highest BCUT2D eigenvalue weighted by molar-refractivity contribution is 8.02. The number of oxime groups is 1. The number of nitrogens with zero attached hydrogens (tertiary/aromatic N) is 7. The van der Waals surface area contributed by atoms with Crippen LogP contribution in [0.2, 0.25) is 5.02 Å². The van der Waals surface area contributed by atoms with Crippen LogP contribution in [0.5, 0.6) is 11.5 Å². The van der Waals surface area contributed by atoms with Gasteiger partial charge in [0.15, 0.2) is 22.3 Å². The van der Waals surface area contributed by atoms with Gasteiger partial charge in [-0.2, -0.15) is 5.10 Å². The van der Waals surface area contributed by atoms with Gasteiger partial charge in [0.05, 0.1) is 56.1 Å². The number of phenols is 2. The Morgan fingerprint density at radius 2 is 1.89 bits per heavy atom. The second-order valence-corrected chi connectivity index (χ2v) is 16.9. The standard InChI is InChI=1S/C33H39ClN10O11S2/c1-32(2,28(50)51)55-40-21(18-15-56-30(35)38-18)25(48)39-22-26(49)41-16-33(29(52)53,57-27(22)41)42-9-10-43(31(42)54)37-8-14-44(11-3-4-12-44)13-7-36-24(47)17-5-6-19(45)23(46)20(17)34/h5-6,8,15,22,27H,3-4,7,9-14,16H2,1-2H3,(H7-,35,36,38,39,40,45,46,47,48,50,51,52,53)/p+1/b37-8+/t22-,27-,33-/m1/s1. The minimum atomic E-state index is -1.89. The van der Waals surface area contributed by atoms with Gasteiger partial charge < -0.3 is 51.0 Å². The SMILES string of the molecule is CC(C)(O/N=C(\C(=O)N[C@@H]1C(=O)N2C[C@@](C(=O)O)(N3CCN(/N=C/C[N+]4(CCNC(=O)c5ccc(O)c(O)c5Cl)CCCC4)C3=O)S[C@H]12)c1csc(N)n1)C(=O)O. The molecule has 8 N–H and O–H groups in total. The lowest BCUT2D eigenvalue weighted by atomic mass is 10.1. The third-order valence-electron chi connectivity index (χ3n) is 10.2. The molecule has 3 atom stereocenters. The Balaban J connectivity index is 1.08. The maximum absolute atomic E-state index is 13.7. The van der Waals surface area contributed by atoms with Crippen molar-refractivity contribution in [2.75, 3.05) is 58.1 Å². The number of amides is 5. The van der Waals surface area contributed by atoms with Crippen molar-refractivity contribution in [1.82, 2.24) is 30.4 Å². The van der Waals surface area contributed by atoms with Gasteiger partial charge >= 0.3 is 18.0 Å². The molecule has 0 unspecified atom stereocenters. The third-order valence-corrected chi connectivity index (χ3v) is 12.9. The molecule has 0 saturated carbocycles. The first-order valence-electron chi connectivity index (χ1n) is 17.6. The second-order valence-electron chi connectivity index (χ2n) is 14.2. The van der Waals surface area contributed by atoms with Crippen LogP contribution in [0, 0.1) is 0 Å². The molecular weight excluding hydrogens is 812 g/mol. The van der Waals surface area contributed by atoms with Crippen LogP contribution in [0.3, 0.4) is 0 Å². The molecule has 5 heterocycles. The molecular formula is C33H40ClN10O11S2+. The number of aromatic nitrogens is 1. The maximum atomic E-state index is 13.7. The van der Waals surface area contributed by atoms with Crippen molar-refractivity contribution < 1.29 is 58.5 Å². The number of hydrogen-bond acceptors (Lipinski definition) is 15. The van der Waals surface area contributed by atoms with Crippen molar-refractivity contribution in [3.8, 4) is 11.5 Å². The third kappa shape index (κ3) is 7.95. The number of phenolic OH excluding ortho intramolecular Hbond substituents is 2. The summed E-state index contributed by atoms with van der Waals surface area (Å²) in [6.07, 6.45) is 3.48. The van der Waals surface area contributed by atoms with Crippen LogP contribution in [-0.2, 0) is 24.0 Å². The van der Waals surface area contributed by atoms with E-state index in [1.54, 1.807) is 6.21 Å². The Morgan fingerprint density at radius 3 is 2.54 bits per heavy atom. The van der Waals surface area contributed by atoms with Gasteiger partial charge in [0.25, 0.3) is 11.8 Å². The number of thioether (sulfide) groups is 1. The van der Waals surface area contributed by atoms with Gasteiger partial charge in [0.2, 0.25) is 16.4 Å². The Labute approximate surface area is 337 Å². The molecule has 0 spiro atoms. The Kier molecular flexibility index (Phi) is 11.5. The van der Waals surface area contributed by atoms with Gasteiger partial charge in [-0.1, -0.05) is 28.5 Å². The molecule has 6 rings (SSSR count). The van der Waals surface area contributed by atoms with Crippen molar-refractivity contribution in [3.05, 3.63) is 33.8 Å². The fraction of sp³-hybridized carbons (Fsp3) is 0.485. The van der Waals surface area contributed by atoms with E-state index in [0.717, 1.165) is 58.9 Å². The van der Waals surface area contributed by atoms with Gasteiger partial charge in [-0.15, -0.1) is 11.3 Å². The molecule has 57 heavy (non-hydrogen) atoms. The van der Waals surface area contributed by atoms with E-state index in [0.29, 0.717) is 17.6 Å². The normalized spacial score (nSPS) is 23.1. The first kappa shape index (κ1) is 41.2. The number of benzene rings is 1. The average molecular weight is 852 g/mol. The lowest BCUT2D eigenvalue weighted by Crippen LogP contribution is -2.68. The molecule has 21 nitrogen and oxygen atoms in total. The van der Waals surface area contributed by atoms with E-state index >= 15 is 0 Å². The van der Waals surface area contributed by atoms with Crippen LogP contribution in [0.1, 0.15) is 42.7 Å². The van der Waals surface area contributed by atoms with Gasteiger partial charge in [0.1, 0.15) is 23.7 Å². The summed E-state index contributed by atoms with van der Waals surface area (Å²) in [5.74, 6) is -5.83. The maximum Gasteiger partial charge on any atom is 0.350 e. The van der Waals surface area contributed by atoms with Gasteiger partial charge in [-0.25, -0.2) is 24.4 Å². The van der Waals surface area contributed by atoms with E-state index in [4.69, 9.17) is 22.2 Å². The fourth-order valence-electron chi connectivity index (χ4n) is 6.83. The number of likely N-dealkylation sites (tertiary alicyclic amines) is 1. The van der Waals surface area contributed by atoms with Crippen LogP contribution < -0.4 is 16.4 Å². The number of carbonyl (C=O) groups excluding carboxylic acids is 4. The Bertz CT molecular complexity index is 2060. The van der Waals surface area contributed by atoms with E-state index in [9.17, 15) is 49.2 Å². The Morgan fingerprint density at radius 1 is 1.18 bits per heavy atom. The summed E-state index contributed by atoms with van der Waals surface area (Å²) in [6, 6.07) is 0.576. The quantitative estimate of drug-likeness (QED) is 0.0418. The average Bonchev–Trinajstić information content (AvgIpc) is 3.96. The zero-order chi connectivity index (χ0) is 41.4. The number of carboxylic acids is 2. The largest absolute Gasteiger partial charge is 0.504 e. The predicted octanol–water partition coefficient (Wildman–Crippen LogP) is 0.319. The highest BCUT2D eigenvalue weighted by Gasteiger charge is 2.66. The summed E-state index contributed by atoms with van der Waals surface area (Å²) < 4.78 is 0.566. The number of hydrogen-bond donors (Lipinski definition) is 7. The molecule has 2 aromatic rings. The number of halogens is 1. The number of nitrogens with one attached hydrogen (secondary N) is 2. The zero-order valence-electron chi connectivity index (χ0n) is 30.6. The molecule has 306 valence electrons. The van der Waals surface area contributed by atoms with Crippen molar-refractivity contribution in [1.29, 1.82) is 0 Å². The van der Waals surface area contributed by atoms with Crippen LogP contribution in [0.25, 0.3) is 0 Å². The number of hydrazone groups is 1. The number of fused-ring (bicyclic) bond motifs is 1. The molecule has 4 fully saturated rings. The van der Waals surface area contributed by atoms with Crippen molar-refractivity contribution in [3.63, 3.8) is 0 Å². The summed E-state index contributed by atoms with van der Waals surface area (Å²) in [6.45, 7) is 4.94. The number of β-lactam (4-membered cyclic amide) rings is 1. The van der Waals surface area contributed by atoms with Crippen LogP contribution >= 0.6 is 34.7 Å². The highest BCUT2D eigenvalue weighted by Crippen LogP contribution is 2.49. The first-order valence-corrected chi connectivity index (χ1v) is 19.7.